The van der Waals surface area contributed by atoms with Gasteiger partial charge in [0.15, 0.2) is 0 Å². The second kappa shape index (κ2) is 5.09. The van der Waals surface area contributed by atoms with Gasteiger partial charge in [-0.25, -0.2) is 0 Å². The summed E-state index contributed by atoms with van der Waals surface area (Å²) in [7, 11) is 1.72. The third kappa shape index (κ3) is 2.90. The fourth-order valence-corrected chi connectivity index (χ4v) is 1.69. The molecule has 1 heterocycles. The second-order valence-corrected chi connectivity index (χ2v) is 3.69. The van der Waals surface area contributed by atoms with E-state index in [1.165, 1.54) is 4.90 Å². The molecule has 6 heteroatoms. The molecule has 15 heavy (non-hydrogen) atoms. The predicted octanol–water partition coefficient (Wildman–Crippen LogP) is -1.96. The standard InChI is InChI=1S/C9H17N3O3/c1-11-6-3-2-4-12(9(6)15)5-7(13)8(10)14/h6-7,11,13H,2-5H2,1H3,(H2,10,14). The van der Waals surface area contributed by atoms with Gasteiger partial charge in [-0.1, -0.05) is 0 Å². The van der Waals surface area contributed by atoms with E-state index in [1.54, 1.807) is 7.05 Å². The van der Waals surface area contributed by atoms with E-state index >= 15 is 0 Å². The smallest absolute Gasteiger partial charge is 0.248 e. The second-order valence-electron chi connectivity index (χ2n) is 3.69. The number of carbonyl (C=O) groups is 2. The first-order valence-corrected chi connectivity index (χ1v) is 4.99. The van der Waals surface area contributed by atoms with E-state index in [-0.39, 0.29) is 18.5 Å². The molecule has 0 aromatic carbocycles. The summed E-state index contributed by atoms with van der Waals surface area (Å²) in [6.07, 6.45) is 0.380. The normalized spacial score (nSPS) is 24.0. The Kier molecular flexibility index (Phi) is 4.05. The van der Waals surface area contributed by atoms with Crippen molar-refractivity contribution in [1.29, 1.82) is 0 Å². The third-order valence-corrected chi connectivity index (χ3v) is 2.60. The first kappa shape index (κ1) is 11.9. The van der Waals surface area contributed by atoms with Gasteiger partial charge in [-0.15, -0.1) is 0 Å². The minimum absolute atomic E-state index is 0.00759. The molecule has 1 aliphatic rings. The van der Waals surface area contributed by atoms with Gasteiger partial charge in [-0.05, 0) is 19.9 Å². The number of rotatable bonds is 4. The Morgan fingerprint density at radius 2 is 2.47 bits per heavy atom. The number of aliphatic hydroxyl groups is 1. The fourth-order valence-electron chi connectivity index (χ4n) is 1.69. The number of likely N-dealkylation sites (N-methyl/N-ethyl adjacent to an activating group) is 1. The number of β-amino-alcohol motifs (C(OH)–C–C–N with tert-alkyl or cyclic N) is 1. The number of nitrogens with two attached hydrogens (primary N) is 1. The summed E-state index contributed by atoms with van der Waals surface area (Å²) < 4.78 is 0. The molecule has 2 atom stereocenters. The van der Waals surface area contributed by atoms with Gasteiger partial charge in [0.05, 0.1) is 12.6 Å². The van der Waals surface area contributed by atoms with E-state index in [0.717, 1.165) is 12.8 Å². The number of nitrogens with one attached hydrogen (secondary N) is 1. The number of amides is 2. The van der Waals surface area contributed by atoms with Crippen LogP contribution in [0.4, 0.5) is 0 Å². The molecule has 1 rings (SSSR count). The molecule has 0 bridgehead atoms. The van der Waals surface area contributed by atoms with Gasteiger partial charge >= 0.3 is 0 Å². The summed E-state index contributed by atoms with van der Waals surface area (Å²) >= 11 is 0. The number of primary amides is 1. The molecule has 1 fully saturated rings. The van der Waals surface area contributed by atoms with Crippen molar-refractivity contribution < 1.29 is 14.7 Å². The highest BCUT2D eigenvalue weighted by molar-refractivity contribution is 5.84. The van der Waals surface area contributed by atoms with Gasteiger partial charge in [-0.2, -0.15) is 0 Å². The highest BCUT2D eigenvalue weighted by Gasteiger charge is 2.29. The molecule has 0 aliphatic carbocycles. The Bertz CT molecular complexity index is 257. The average Bonchev–Trinajstić information content (AvgIpc) is 2.21. The summed E-state index contributed by atoms with van der Waals surface area (Å²) in [5.74, 6) is -0.876. The highest BCUT2D eigenvalue weighted by atomic mass is 16.3. The fraction of sp³-hybridized carbons (Fsp3) is 0.778. The third-order valence-electron chi connectivity index (χ3n) is 2.60. The van der Waals surface area contributed by atoms with Crippen LogP contribution in [-0.4, -0.2) is 54.1 Å². The molecule has 2 amide bonds. The minimum atomic E-state index is -1.27. The molecule has 4 N–H and O–H groups in total. The Morgan fingerprint density at radius 3 is 3.00 bits per heavy atom. The van der Waals surface area contributed by atoms with Crippen molar-refractivity contribution in [3.05, 3.63) is 0 Å². The lowest BCUT2D eigenvalue weighted by Crippen LogP contribution is -2.53. The van der Waals surface area contributed by atoms with E-state index in [1.807, 2.05) is 0 Å². The quantitative estimate of drug-likeness (QED) is 0.507. The Hall–Kier alpha value is -1.14. The molecular weight excluding hydrogens is 198 g/mol. The van der Waals surface area contributed by atoms with Crippen LogP contribution in [0.2, 0.25) is 0 Å². The molecular formula is C9H17N3O3. The summed E-state index contributed by atoms with van der Waals surface area (Å²) in [4.78, 5) is 23.8. The zero-order chi connectivity index (χ0) is 11.4. The van der Waals surface area contributed by atoms with E-state index in [4.69, 9.17) is 5.73 Å². The van der Waals surface area contributed by atoms with Crippen LogP contribution in [0.5, 0.6) is 0 Å². The topological polar surface area (TPSA) is 95.7 Å². The van der Waals surface area contributed by atoms with Gasteiger partial charge in [0.25, 0.3) is 0 Å². The molecule has 0 aromatic heterocycles. The Morgan fingerprint density at radius 1 is 1.80 bits per heavy atom. The number of nitrogens with zero attached hydrogens (tertiary/aromatic N) is 1. The van der Waals surface area contributed by atoms with Gasteiger partial charge in [0, 0.05) is 6.54 Å². The molecule has 0 saturated carbocycles. The first-order valence-electron chi connectivity index (χ1n) is 4.99. The molecule has 6 nitrogen and oxygen atoms in total. The monoisotopic (exact) mass is 215 g/mol. The van der Waals surface area contributed by atoms with E-state index in [9.17, 15) is 14.7 Å². The van der Waals surface area contributed by atoms with Crippen LogP contribution < -0.4 is 11.1 Å². The summed E-state index contributed by atoms with van der Waals surface area (Å²) in [5.41, 5.74) is 4.92. The maximum Gasteiger partial charge on any atom is 0.248 e. The number of piperidine rings is 1. The van der Waals surface area contributed by atoms with Crippen LogP contribution in [0.3, 0.4) is 0 Å². The van der Waals surface area contributed by atoms with Crippen molar-refractivity contribution in [1.82, 2.24) is 10.2 Å². The van der Waals surface area contributed by atoms with Crippen LogP contribution in [0.25, 0.3) is 0 Å². The Labute approximate surface area is 88.4 Å². The van der Waals surface area contributed by atoms with E-state index in [0.29, 0.717) is 6.54 Å². The van der Waals surface area contributed by atoms with Gasteiger partial charge in [-0.3, -0.25) is 9.59 Å². The van der Waals surface area contributed by atoms with E-state index in [2.05, 4.69) is 5.32 Å². The summed E-state index contributed by atoms with van der Waals surface area (Å²) in [6, 6.07) is -0.209. The molecule has 1 saturated heterocycles. The Balaban J connectivity index is 2.54. The van der Waals surface area contributed by atoms with Crippen molar-refractivity contribution in [2.75, 3.05) is 20.1 Å². The van der Waals surface area contributed by atoms with Crippen molar-refractivity contribution in [3.63, 3.8) is 0 Å². The molecule has 0 aromatic rings. The highest BCUT2D eigenvalue weighted by Crippen LogP contribution is 2.11. The number of carbonyl (C=O) groups excluding carboxylic acids is 2. The molecule has 0 spiro atoms. The average molecular weight is 215 g/mol. The maximum atomic E-state index is 11.7. The molecule has 86 valence electrons. The van der Waals surface area contributed by atoms with Crippen molar-refractivity contribution in [3.8, 4) is 0 Å². The minimum Gasteiger partial charge on any atom is -0.381 e. The molecule has 2 unspecified atom stereocenters. The zero-order valence-corrected chi connectivity index (χ0v) is 8.77. The van der Waals surface area contributed by atoms with Crippen LogP contribution in [0.15, 0.2) is 0 Å². The first-order chi connectivity index (χ1) is 7.06. The van der Waals surface area contributed by atoms with Gasteiger partial charge < -0.3 is 21.1 Å². The number of likely N-dealkylation sites (tertiary alicyclic amines) is 1. The summed E-state index contributed by atoms with van der Waals surface area (Å²) in [6.45, 7) is 0.563. The lowest BCUT2D eigenvalue weighted by atomic mass is 10.0. The predicted molar refractivity (Wildman–Crippen MR) is 53.9 cm³/mol. The SMILES string of the molecule is CNC1CCCN(CC(O)C(N)=O)C1=O. The lowest BCUT2D eigenvalue weighted by molar-refractivity contribution is -0.139. The largest absolute Gasteiger partial charge is 0.381 e. The molecule has 0 radical (unpaired) electrons. The number of hydrogen-bond acceptors (Lipinski definition) is 4. The van der Waals surface area contributed by atoms with E-state index < -0.39 is 12.0 Å². The van der Waals surface area contributed by atoms with Crippen molar-refractivity contribution in [2.45, 2.75) is 25.0 Å². The van der Waals surface area contributed by atoms with Gasteiger partial charge in [0.2, 0.25) is 11.8 Å². The number of hydrogen-bond donors (Lipinski definition) is 3. The van der Waals surface area contributed by atoms with Crippen LogP contribution in [0, 0.1) is 0 Å². The number of aliphatic hydroxyl groups excluding tert-OH is 1. The van der Waals surface area contributed by atoms with Crippen molar-refractivity contribution >= 4 is 11.8 Å². The molecule has 1 aliphatic heterocycles. The van der Waals surface area contributed by atoms with Crippen LogP contribution in [0.1, 0.15) is 12.8 Å². The maximum absolute atomic E-state index is 11.7. The van der Waals surface area contributed by atoms with Crippen molar-refractivity contribution in [2.24, 2.45) is 5.73 Å². The van der Waals surface area contributed by atoms with Gasteiger partial charge in [0.1, 0.15) is 6.10 Å². The summed E-state index contributed by atoms with van der Waals surface area (Å²) in [5, 5.41) is 12.2. The lowest BCUT2D eigenvalue weighted by Gasteiger charge is -2.32. The van der Waals surface area contributed by atoms with Crippen LogP contribution in [-0.2, 0) is 9.59 Å². The van der Waals surface area contributed by atoms with Crippen LogP contribution >= 0.6 is 0 Å². The zero-order valence-electron chi connectivity index (χ0n) is 8.77.